The topological polar surface area (TPSA) is 64.2 Å². The summed E-state index contributed by atoms with van der Waals surface area (Å²) in [6, 6.07) is 5.16. The Morgan fingerprint density at radius 1 is 1.43 bits per heavy atom. The van der Waals surface area contributed by atoms with Crippen molar-refractivity contribution in [2.75, 3.05) is 0 Å². The second kappa shape index (κ2) is 4.91. The Morgan fingerprint density at radius 3 is 2.86 bits per heavy atom. The number of carbonyl (C=O) groups is 1. The molecule has 1 aliphatic heterocycles. The van der Waals surface area contributed by atoms with Crippen LogP contribution >= 0.6 is 0 Å². The lowest BCUT2D eigenvalue weighted by atomic mass is 10.0. The Morgan fingerprint density at radius 2 is 2.19 bits per heavy atom. The number of allylic oxidation sites excluding steroid dienone is 1. The summed E-state index contributed by atoms with van der Waals surface area (Å²) in [4.78, 5) is 24.2. The fourth-order valence-corrected chi connectivity index (χ4v) is 2.72. The number of nitrogens with zero attached hydrogens (tertiary/aromatic N) is 1. The zero-order valence-corrected chi connectivity index (χ0v) is 12.2. The minimum absolute atomic E-state index is 0. The van der Waals surface area contributed by atoms with Crippen molar-refractivity contribution in [3.8, 4) is 0 Å². The van der Waals surface area contributed by atoms with E-state index < -0.39 is 11.8 Å². The smallest absolute Gasteiger partial charge is 0.408 e. The molecule has 1 aromatic heterocycles. The number of hydrogen-bond donors (Lipinski definition) is 1. The quantitative estimate of drug-likeness (QED) is 0.924. The predicted octanol–water partition coefficient (Wildman–Crippen LogP) is 2.93. The minimum Gasteiger partial charge on any atom is -0.408 e. The Labute approximate surface area is 123 Å². The van der Waals surface area contributed by atoms with Crippen LogP contribution in [0.4, 0.5) is 0 Å². The van der Waals surface area contributed by atoms with E-state index in [2.05, 4.69) is 25.7 Å². The van der Waals surface area contributed by atoms with Crippen molar-refractivity contribution < 1.29 is 10.6 Å². The van der Waals surface area contributed by atoms with E-state index in [1.807, 2.05) is 18.2 Å². The second-order valence-corrected chi connectivity index (χ2v) is 5.77. The number of fused-ring (bicyclic) bond motifs is 1. The van der Waals surface area contributed by atoms with E-state index in [4.69, 9.17) is 4.42 Å². The Balaban J connectivity index is 0.00000176. The van der Waals surface area contributed by atoms with Gasteiger partial charge in [0.2, 0.25) is 5.91 Å². The summed E-state index contributed by atoms with van der Waals surface area (Å²) < 4.78 is 6.77. The van der Waals surface area contributed by atoms with Gasteiger partial charge in [-0.1, -0.05) is 26.5 Å². The first-order valence-corrected chi connectivity index (χ1v) is 7.11. The van der Waals surface area contributed by atoms with Crippen molar-refractivity contribution in [3.05, 3.63) is 46.6 Å². The van der Waals surface area contributed by atoms with Crippen LogP contribution < -0.4 is 11.1 Å². The van der Waals surface area contributed by atoms with Gasteiger partial charge in [0.1, 0.15) is 6.04 Å². The fourth-order valence-electron chi connectivity index (χ4n) is 2.72. The molecule has 0 unspecified atom stereocenters. The van der Waals surface area contributed by atoms with Crippen LogP contribution in [0.5, 0.6) is 0 Å². The van der Waals surface area contributed by atoms with Gasteiger partial charge in [0.15, 0.2) is 5.58 Å². The number of benzene rings is 1. The molecular weight excluding hydrogens is 268 g/mol. The highest BCUT2D eigenvalue weighted by Crippen LogP contribution is 2.27. The van der Waals surface area contributed by atoms with Crippen LogP contribution in [-0.2, 0) is 4.79 Å². The van der Waals surface area contributed by atoms with Crippen molar-refractivity contribution in [1.29, 1.82) is 0 Å². The summed E-state index contributed by atoms with van der Waals surface area (Å²) in [5.41, 5.74) is 2.99. The third-order valence-corrected chi connectivity index (χ3v) is 3.94. The molecule has 3 rings (SSSR count). The standard InChI is InChI=1S/C16H18N2O3.H2/c1-9(2)11-5-7-12-14(8-11)21-16(20)18(12)13-6-4-10(3)17-15(13)19;/h5,7-9,13H,3-4,6H2,1-2H3,(H,17,19);1H/t13-;/m1./s1. The molecule has 1 fully saturated rings. The minimum atomic E-state index is -0.533. The lowest BCUT2D eigenvalue weighted by Crippen LogP contribution is -2.39. The zero-order chi connectivity index (χ0) is 15.1. The molecule has 1 aromatic carbocycles. The molecule has 0 bridgehead atoms. The van der Waals surface area contributed by atoms with Crippen molar-refractivity contribution in [2.24, 2.45) is 0 Å². The number of oxazole rings is 1. The summed E-state index contributed by atoms with van der Waals surface area (Å²) in [5, 5.41) is 2.70. The number of carbonyl (C=O) groups excluding carboxylic acids is 1. The summed E-state index contributed by atoms with van der Waals surface area (Å²) in [6.07, 6.45) is 1.23. The van der Waals surface area contributed by atoms with E-state index >= 15 is 0 Å². The number of rotatable bonds is 2. The molecule has 5 heteroatoms. The van der Waals surface area contributed by atoms with Crippen LogP contribution in [-0.4, -0.2) is 10.5 Å². The molecule has 21 heavy (non-hydrogen) atoms. The van der Waals surface area contributed by atoms with Gasteiger partial charge < -0.3 is 9.73 Å². The molecule has 2 aromatic rings. The van der Waals surface area contributed by atoms with Crippen molar-refractivity contribution >= 4 is 17.0 Å². The van der Waals surface area contributed by atoms with Crippen LogP contribution in [0.3, 0.4) is 0 Å². The lowest BCUT2D eigenvalue weighted by molar-refractivity contribution is -0.124. The number of nitrogens with one attached hydrogen (secondary N) is 1. The fraction of sp³-hybridized carbons (Fsp3) is 0.375. The van der Waals surface area contributed by atoms with Gasteiger partial charge >= 0.3 is 5.76 Å². The van der Waals surface area contributed by atoms with Gasteiger partial charge in [-0.25, -0.2) is 4.79 Å². The molecule has 0 spiro atoms. The largest absolute Gasteiger partial charge is 0.420 e. The summed E-state index contributed by atoms with van der Waals surface area (Å²) in [7, 11) is 0. The first-order chi connectivity index (χ1) is 9.97. The zero-order valence-electron chi connectivity index (χ0n) is 12.2. The molecule has 1 atom stereocenters. The van der Waals surface area contributed by atoms with Gasteiger partial charge in [-0.15, -0.1) is 0 Å². The first kappa shape index (κ1) is 13.7. The van der Waals surface area contributed by atoms with Gasteiger partial charge in [-0.05, 0) is 36.5 Å². The number of piperidine rings is 1. The highest BCUT2D eigenvalue weighted by atomic mass is 16.4. The van der Waals surface area contributed by atoms with Gasteiger partial charge in [0.05, 0.1) is 5.52 Å². The van der Waals surface area contributed by atoms with Crippen LogP contribution in [0.2, 0.25) is 0 Å². The molecule has 112 valence electrons. The molecular formula is C16H20N2O3. The molecule has 1 saturated heterocycles. The van der Waals surface area contributed by atoms with Crippen molar-refractivity contribution in [3.63, 3.8) is 0 Å². The third kappa shape index (κ3) is 2.28. The molecule has 5 nitrogen and oxygen atoms in total. The molecule has 0 aliphatic carbocycles. The average molecular weight is 288 g/mol. The number of amides is 1. The summed E-state index contributed by atoms with van der Waals surface area (Å²) >= 11 is 0. The first-order valence-electron chi connectivity index (χ1n) is 7.11. The van der Waals surface area contributed by atoms with E-state index in [1.54, 1.807) is 0 Å². The molecule has 1 N–H and O–H groups in total. The predicted molar refractivity (Wildman–Crippen MR) is 82.2 cm³/mol. The van der Waals surface area contributed by atoms with E-state index in [0.29, 0.717) is 35.6 Å². The molecule has 0 radical (unpaired) electrons. The molecule has 0 saturated carbocycles. The van der Waals surface area contributed by atoms with Gasteiger partial charge in [-0.3, -0.25) is 9.36 Å². The highest BCUT2D eigenvalue weighted by molar-refractivity contribution is 5.85. The van der Waals surface area contributed by atoms with E-state index in [-0.39, 0.29) is 7.33 Å². The van der Waals surface area contributed by atoms with Crippen LogP contribution in [0.1, 0.15) is 45.6 Å². The SMILES string of the molecule is C=C1CC[C@@H](n2c(=O)oc3cc(C(C)C)ccc32)C(=O)N1.[HH]. The maximum Gasteiger partial charge on any atom is 0.420 e. The van der Waals surface area contributed by atoms with E-state index in [0.717, 1.165) is 5.56 Å². The lowest BCUT2D eigenvalue weighted by Gasteiger charge is -2.23. The van der Waals surface area contributed by atoms with Crippen molar-refractivity contribution in [2.45, 2.75) is 38.6 Å². The normalized spacial score (nSPS) is 19.3. The maximum absolute atomic E-state index is 12.1. The number of aromatic nitrogens is 1. The maximum atomic E-state index is 12.1. The highest BCUT2D eigenvalue weighted by Gasteiger charge is 2.29. The monoisotopic (exact) mass is 288 g/mol. The second-order valence-electron chi connectivity index (χ2n) is 5.77. The van der Waals surface area contributed by atoms with Gasteiger partial charge in [-0.2, -0.15) is 0 Å². The van der Waals surface area contributed by atoms with E-state index in [1.165, 1.54) is 4.57 Å². The molecule has 1 amide bonds. The number of hydrogen-bond acceptors (Lipinski definition) is 3. The summed E-state index contributed by atoms with van der Waals surface area (Å²) in [5.74, 6) is -0.341. The van der Waals surface area contributed by atoms with Crippen LogP contribution in [0, 0.1) is 0 Å². The van der Waals surface area contributed by atoms with Crippen molar-refractivity contribution in [1.82, 2.24) is 9.88 Å². The Hall–Kier alpha value is -2.30. The van der Waals surface area contributed by atoms with Crippen LogP contribution in [0.25, 0.3) is 11.1 Å². The van der Waals surface area contributed by atoms with E-state index in [9.17, 15) is 9.59 Å². The Kier molecular flexibility index (Phi) is 3.20. The summed E-state index contributed by atoms with van der Waals surface area (Å²) in [6.45, 7) is 7.91. The van der Waals surface area contributed by atoms with Gasteiger partial charge in [0, 0.05) is 7.12 Å². The Bertz CT molecular complexity index is 788. The average Bonchev–Trinajstić information content (AvgIpc) is 2.74. The van der Waals surface area contributed by atoms with Crippen LogP contribution in [0.15, 0.2) is 39.7 Å². The molecule has 1 aliphatic rings. The third-order valence-electron chi connectivity index (χ3n) is 3.94. The van der Waals surface area contributed by atoms with Gasteiger partial charge in [0.25, 0.3) is 0 Å². The molecule has 2 heterocycles.